The molecule has 0 radical (unpaired) electrons. The fraction of sp³-hybridized carbons (Fsp3) is 0.120. The fourth-order valence-corrected chi connectivity index (χ4v) is 3.14. The topological polar surface area (TPSA) is 83.1 Å². The van der Waals surface area contributed by atoms with Gasteiger partial charge in [0, 0.05) is 6.08 Å². The lowest BCUT2D eigenvalue weighted by Gasteiger charge is -2.12. The summed E-state index contributed by atoms with van der Waals surface area (Å²) in [6.45, 7) is -0.463. The van der Waals surface area contributed by atoms with Crippen molar-refractivity contribution in [2.45, 2.75) is 0 Å². The van der Waals surface area contributed by atoms with Gasteiger partial charge in [0.1, 0.15) is 5.75 Å². The number of benzene rings is 3. The molecule has 0 bridgehead atoms. The van der Waals surface area contributed by atoms with Crippen LogP contribution in [-0.2, 0) is 14.3 Å². The van der Waals surface area contributed by atoms with Gasteiger partial charge in [0.2, 0.25) is 0 Å². The first-order valence-electron chi connectivity index (χ1n) is 9.88. The number of rotatable bonds is 9. The van der Waals surface area contributed by atoms with Crippen molar-refractivity contribution in [2.75, 3.05) is 26.1 Å². The van der Waals surface area contributed by atoms with Crippen LogP contribution in [0.2, 0.25) is 5.02 Å². The van der Waals surface area contributed by atoms with E-state index in [9.17, 15) is 9.59 Å². The number of hydrogen-bond donors (Lipinski definition) is 1. The standard InChI is InChI=1S/C25H22ClNO6/c1-30-22-15-17(14-19(26)25(22)31-2)12-13-24(29)32-16-23(28)27-20-10-6-7-11-21(20)33-18-8-4-3-5-9-18/h3-15H,16H2,1-2H3,(H,27,28)/b13-12+. The zero-order chi connectivity index (χ0) is 23.6. The Morgan fingerprint density at radius 1 is 0.939 bits per heavy atom. The molecule has 0 heterocycles. The zero-order valence-corrected chi connectivity index (χ0v) is 18.8. The molecule has 0 unspecified atom stereocenters. The maximum atomic E-state index is 12.3. The Bertz CT molecular complexity index is 1150. The number of carbonyl (C=O) groups is 2. The summed E-state index contributed by atoms with van der Waals surface area (Å²) in [5, 5.41) is 3.02. The number of esters is 1. The average Bonchev–Trinajstić information content (AvgIpc) is 2.83. The molecule has 0 spiro atoms. The van der Waals surface area contributed by atoms with Crippen molar-refractivity contribution in [3.05, 3.63) is 83.4 Å². The van der Waals surface area contributed by atoms with Crippen molar-refractivity contribution in [1.82, 2.24) is 0 Å². The minimum Gasteiger partial charge on any atom is -0.493 e. The molecule has 1 N–H and O–H groups in total. The Balaban J connectivity index is 1.56. The molecule has 0 aromatic heterocycles. The first-order valence-corrected chi connectivity index (χ1v) is 10.3. The van der Waals surface area contributed by atoms with E-state index in [0.717, 1.165) is 0 Å². The van der Waals surface area contributed by atoms with Gasteiger partial charge in [-0.2, -0.15) is 0 Å². The third-order valence-corrected chi connectivity index (χ3v) is 4.63. The van der Waals surface area contributed by atoms with Crippen LogP contribution in [0.25, 0.3) is 6.08 Å². The lowest BCUT2D eigenvalue weighted by molar-refractivity contribution is -0.142. The number of ether oxygens (including phenoxy) is 4. The summed E-state index contributed by atoms with van der Waals surface area (Å²) in [6, 6.07) is 19.4. The number of nitrogens with one attached hydrogen (secondary N) is 1. The quantitative estimate of drug-likeness (QED) is 0.337. The molecule has 33 heavy (non-hydrogen) atoms. The van der Waals surface area contributed by atoms with Crippen LogP contribution < -0.4 is 19.5 Å². The highest BCUT2D eigenvalue weighted by atomic mass is 35.5. The molecular weight excluding hydrogens is 446 g/mol. The van der Waals surface area contributed by atoms with E-state index < -0.39 is 18.5 Å². The van der Waals surface area contributed by atoms with E-state index >= 15 is 0 Å². The summed E-state index contributed by atoms with van der Waals surface area (Å²) < 4.78 is 21.2. The summed E-state index contributed by atoms with van der Waals surface area (Å²) in [5.74, 6) is 0.723. The van der Waals surface area contributed by atoms with Gasteiger partial charge in [-0.1, -0.05) is 41.9 Å². The van der Waals surface area contributed by atoms with Crippen LogP contribution in [0.1, 0.15) is 5.56 Å². The van der Waals surface area contributed by atoms with E-state index in [1.165, 1.54) is 26.4 Å². The molecule has 3 aromatic carbocycles. The van der Waals surface area contributed by atoms with Crippen LogP contribution in [0.5, 0.6) is 23.0 Å². The van der Waals surface area contributed by atoms with Crippen molar-refractivity contribution in [1.29, 1.82) is 0 Å². The Labute approximate surface area is 196 Å². The van der Waals surface area contributed by atoms with Crippen molar-refractivity contribution in [3.63, 3.8) is 0 Å². The summed E-state index contributed by atoms with van der Waals surface area (Å²) >= 11 is 6.15. The second kappa shape index (κ2) is 11.6. The van der Waals surface area contributed by atoms with Crippen LogP contribution in [0.3, 0.4) is 0 Å². The fourth-order valence-electron chi connectivity index (χ4n) is 2.84. The maximum absolute atomic E-state index is 12.3. The smallest absolute Gasteiger partial charge is 0.331 e. The molecule has 3 rings (SSSR count). The lowest BCUT2D eigenvalue weighted by atomic mass is 10.2. The van der Waals surface area contributed by atoms with Gasteiger partial charge in [0.15, 0.2) is 23.9 Å². The molecule has 0 saturated carbocycles. The second-order valence-corrected chi connectivity index (χ2v) is 7.05. The van der Waals surface area contributed by atoms with E-state index in [2.05, 4.69) is 5.32 Å². The van der Waals surface area contributed by atoms with E-state index in [1.54, 1.807) is 48.5 Å². The SMILES string of the molecule is COc1cc(/C=C/C(=O)OCC(=O)Nc2ccccc2Oc2ccccc2)cc(Cl)c1OC. The predicted octanol–water partition coefficient (Wildman–Crippen LogP) is 5.34. The number of methoxy groups -OCH3 is 2. The molecule has 170 valence electrons. The van der Waals surface area contributed by atoms with Crippen molar-refractivity contribution < 1.29 is 28.5 Å². The van der Waals surface area contributed by atoms with Crippen molar-refractivity contribution in [3.8, 4) is 23.0 Å². The zero-order valence-electron chi connectivity index (χ0n) is 18.0. The van der Waals surface area contributed by atoms with Gasteiger partial charge in [0.05, 0.1) is 24.9 Å². The van der Waals surface area contributed by atoms with Crippen LogP contribution in [0.4, 0.5) is 5.69 Å². The monoisotopic (exact) mass is 467 g/mol. The van der Waals surface area contributed by atoms with E-state index in [1.807, 2.05) is 18.2 Å². The van der Waals surface area contributed by atoms with Gasteiger partial charge in [-0.05, 0) is 48.0 Å². The maximum Gasteiger partial charge on any atom is 0.331 e. The third-order valence-electron chi connectivity index (χ3n) is 4.35. The first-order chi connectivity index (χ1) is 16.0. The Hall–Kier alpha value is -3.97. The number of hydrogen-bond acceptors (Lipinski definition) is 6. The summed E-state index contributed by atoms with van der Waals surface area (Å²) in [5.41, 5.74) is 1.06. The highest BCUT2D eigenvalue weighted by molar-refractivity contribution is 6.32. The molecule has 0 aliphatic rings. The van der Waals surface area contributed by atoms with Crippen molar-refractivity contribution in [2.24, 2.45) is 0 Å². The predicted molar refractivity (Wildman–Crippen MR) is 126 cm³/mol. The second-order valence-electron chi connectivity index (χ2n) is 6.64. The highest BCUT2D eigenvalue weighted by Crippen LogP contribution is 2.36. The number of amides is 1. The minimum atomic E-state index is -0.690. The van der Waals surface area contributed by atoms with E-state index in [0.29, 0.717) is 39.3 Å². The van der Waals surface area contributed by atoms with E-state index in [-0.39, 0.29) is 0 Å². The van der Waals surface area contributed by atoms with Gasteiger partial charge >= 0.3 is 5.97 Å². The van der Waals surface area contributed by atoms with Gasteiger partial charge in [-0.15, -0.1) is 0 Å². The Morgan fingerprint density at radius 2 is 1.67 bits per heavy atom. The molecule has 0 aliphatic carbocycles. The van der Waals surface area contributed by atoms with Gasteiger partial charge < -0.3 is 24.3 Å². The third kappa shape index (κ3) is 6.75. The van der Waals surface area contributed by atoms with Gasteiger partial charge in [0.25, 0.3) is 5.91 Å². The summed E-state index contributed by atoms with van der Waals surface area (Å²) in [7, 11) is 2.96. The molecule has 7 nitrogen and oxygen atoms in total. The van der Waals surface area contributed by atoms with Crippen LogP contribution in [0, 0.1) is 0 Å². The molecule has 0 fully saturated rings. The molecular formula is C25H22ClNO6. The van der Waals surface area contributed by atoms with Gasteiger partial charge in [-0.25, -0.2) is 4.79 Å². The number of anilines is 1. The molecule has 1 amide bonds. The van der Waals surface area contributed by atoms with Crippen LogP contribution in [0.15, 0.2) is 72.8 Å². The number of para-hydroxylation sites is 3. The van der Waals surface area contributed by atoms with Gasteiger partial charge in [-0.3, -0.25) is 4.79 Å². The van der Waals surface area contributed by atoms with Crippen LogP contribution in [-0.4, -0.2) is 32.7 Å². The normalized spacial score (nSPS) is 10.5. The number of carbonyl (C=O) groups excluding carboxylic acids is 2. The molecule has 3 aromatic rings. The minimum absolute atomic E-state index is 0.334. The molecule has 0 aliphatic heterocycles. The Kier molecular flexibility index (Phi) is 8.32. The first kappa shape index (κ1) is 23.7. The van der Waals surface area contributed by atoms with Crippen LogP contribution >= 0.6 is 11.6 Å². The largest absolute Gasteiger partial charge is 0.493 e. The molecule has 0 saturated heterocycles. The number of halogens is 1. The molecule has 8 heteroatoms. The summed E-state index contributed by atoms with van der Waals surface area (Å²) in [4.78, 5) is 24.3. The van der Waals surface area contributed by atoms with Crippen molar-refractivity contribution >= 4 is 35.2 Å². The Morgan fingerprint density at radius 3 is 2.39 bits per heavy atom. The highest BCUT2D eigenvalue weighted by Gasteiger charge is 2.12. The lowest BCUT2D eigenvalue weighted by Crippen LogP contribution is -2.20. The van der Waals surface area contributed by atoms with E-state index in [4.69, 9.17) is 30.5 Å². The summed E-state index contributed by atoms with van der Waals surface area (Å²) in [6.07, 6.45) is 2.69. The average molecular weight is 468 g/mol. The molecule has 0 atom stereocenters.